The molecule has 0 saturated carbocycles. The molecule has 0 spiro atoms. The van der Waals surface area contributed by atoms with Gasteiger partial charge < -0.3 is 0 Å². The van der Waals surface area contributed by atoms with E-state index in [1.54, 1.807) is 0 Å². The first-order valence-corrected chi connectivity index (χ1v) is 5.88. The number of piperidine rings is 1. The molecule has 0 aromatic carbocycles. The van der Waals surface area contributed by atoms with Crippen LogP contribution in [0.15, 0.2) is 18.3 Å². The van der Waals surface area contributed by atoms with E-state index in [0.717, 1.165) is 12.5 Å². The first-order valence-electron chi connectivity index (χ1n) is 5.88. The van der Waals surface area contributed by atoms with E-state index in [9.17, 15) is 0 Å². The van der Waals surface area contributed by atoms with E-state index in [2.05, 4.69) is 29.8 Å². The second-order valence-corrected chi connectivity index (χ2v) is 4.71. The number of rotatable bonds is 2. The van der Waals surface area contributed by atoms with Crippen molar-refractivity contribution >= 4 is 0 Å². The summed E-state index contributed by atoms with van der Waals surface area (Å²) in [5.74, 6) is 0.913. The number of aromatic nitrogens is 1. The van der Waals surface area contributed by atoms with Crippen LogP contribution in [0.4, 0.5) is 0 Å². The summed E-state index contributed by atoms with van der Waals surface area (Å²) < 4.78 is 0. The summed E-state index contributed by atoms with van der Waals surface area (Å²) in [5, 5.41) is 0. The molecule has 1 aliphatic heterocycles. The zero-order valence-corrected chi connectivity index (χ0v) is 9.74. The molecule has 2 nitrogen and oxygen atoms in total. The molecule has 1 aliphatic rings. The van der Waals surface area contributed by atoms with Gasteiger partial charge in [0.05, 0.1) is 0 Å². The smallest absolute Gasteiger partial charge is 0.0417 e. The molecule has 1 saturated heterocycles. The lowest BCUT2D eigenvalue weighted by Gasteiger charge is -2.30. The van der Waals surface area contributed by atoms with Gasteiger partial charge in [0, 0.05) is 18.4 Å². The molecule has 2 heteroatoms. The predicted octanol–water partition coefficient (Wildman–Crippen LogP) is 2.62. The molecule has 0 bridgehead atoms. The lowest BCUT2D eigenvalue weighted by Crippen LogP contribution is -2.32. The minimum absolute atomic E-state index is 0.913. The summed E-state index contributed by atoms with van der Waals surface area (Å²) in [6, 6.07) is 4.23. The van der Waals surface area contributed by atoms with E-state index in [0.29, 0.717) is 0 Å². The molecule has 0 aliphatic carbocycles. The molecular formula is C13H20N2. The van der Waals surface area contributed by atoms with Crippen LogP contribution in [-0.2, 0) is 6.54 Å². The third-order valence-electron chi connectivity index (χ3n) is 3.39. The molecule has 1 aromatic heterocycles. The standard InChI is InChI=1S/C13H20N2/c1-11-5-8-15(9-6-11)10-13-4-3-7-14-12(13)2/h3-4,7,11H,5-6,8-10H2,1-2H3. The van der Waals surface area contributed by atoms with E-state index in [1.807, 2.05) is 12.3 Å². The average molecular weight is 204 g/mol. The molecule has 0 atom stereocenters. The fraction of sp³-hybridized carbons (Fsp3) is 0.615. The van der Waals surface area contributed by atoms with Gasteiger partial charge >= 0.3 is 0 Å². The first kappa shape index (κ1) is 10.6. The zero-order valence-electron chi connectivity index (χ0n) is 9.74. The summed E-state index contributed by atoms with van der Waals surface area (Å²) in [7, 11) is 0. The highest BCUT2D eigenvalue weighted by molar-refractivity contribution is 5.18. The number of likely N-dealkylation sites (tertiary alicyclic amines) is 1. The SMILES string of the molecule is Cc1ncccc1CN1CCC(C)CC1. The maximum atomic E-state index is 4.33. The van der Waals surface area contributed by atoms with Crippen molar-refractivity contribution in [3.63, 3.8) is 0 Å². The van der Waals surface area contributed by atoms with Crippen molar-refractivity contribution in [1.82, 2.24) is 9.88 Å². The van der Waals surface area contributed by atoms with Crippen LogP contribution in [0.1, 0.15) is 31.0 Å². The van der Waals surface area contributed by atoms with Crippen molar-refractivity contribution in [3.8, 4) is 0 Å². The van der Waals surface area contributed by atoms with Crippen LogP contribution in [0.3, 0.4) is 0 Å². The van der Waals surface area contributed by atoms with Gasteiger partial charge in [-0.3, -0.25) is 9.88 Å². The Morgan fingerprint density at radius 1 is 1.40 bits per heavy atom. The van der Waals surface area contributed by atoms with E-state index >= 15 is 0 Å². The Kier molecular flexibility index (Phi) is 3.37. The normalized spacial score (nSPS) is 19.3. The van der Waals surface area contributed by atoms with Crippen LogP contribution >= 0.6 is 0 Å². The molecule has 0 radical (unpaired) electrons. The molecule has 0 amide bonds. The Bertz CT molecular complexity index is 314. The second kappa shape index (κ2) is 4.75. The number of hydrogen-bond acceptors (Lipinski definition) is 2. The first-order chi connectivity index (χ1) is 7.25. The summed E-state index contributed by atoms with van der Waals surface area (Å²) >= 11 is 0. The van der Waals surface area contributed by atoms with E-state index in [-0.39, 0.29) is 0 Å². The highest BCUT2D eigenvalue weighted by Gasteiger charge is 2.16. The monoisotopic (exact) mass is 204 g/mol. The summed E-state index contributed by atoms with van der Waals surface area (Å²) in [6.07, 6.45) is 4.57. The molecule has 2 heterocycles. The number of aryl methyl sites for hydroxylation is 1. The summed E-state index contributed by atoms with van der Waals surface area (Å²) in [4.78, 5) is 6.88. The van der Waals surface area contributed by atoms with Gasteiger partial charge in [-0.1, -0.05) is 13.0 Å². The van der Waals surface area contributed by atoms with Crippen LogP contribution in [0.25, 0.3) is 0 Å². The Labute approximate surface area is 92.3 Å². The van der Waals surface area contributed by atoms with Gasteiger partial charge in [-0.2, -0.15) is 0 Å². The van der Waals surface area contributed by atoms with Crippen molar-refractivity contribution in [2.45, 2.75) is 33.2 Å². The minimum Gasteiger partial charge on any atom is -0.299 e. The second-order valence-electron chi connectivity index (χ2n) is 4.71. The third kappa shape index (κ3) is 2.78. The highest BCUT2D eigenvalue weighted by atomic mass is 15.1. The number of hydrogen-bond donors (Lipinski definition) is 0. The fourth-order valence-corrected chi connectivity index (χ4v) is 2.15. The molecule has 15 heavy (non-hydrogen) atoms. The molecule has 1 aromatic rings. The topological polar surface area (TPSA) is 16.1 Å². The largest absolute Gasteiger partial charge is 0.299 e. The highest BCUT2D eigenvalue weighted by Crippen LogP contribution is 2.18. The van der Waals surface area contributed by atoms with Gasteiger partial charge in [0.25, 0.3) is 0 Å². The quantitative estimate of drug-likeness (QED) is 0.736. The van der Waals surface area contributed by atoms with Crippen LogP contribution in [-0.4, -0.2) is 23.0 Å². The van der Waals surface area contributed by atoms with Crippen LogP contribution in [0.5, 0.6) is 0 Å². The number of nitrogens with zero attached hydrogens (tertiary/aromatic N) is 2. The predicted molar refractivity (Wildman–Crippen MR) is 62.6 cm³/mol. The van der Waals surface area contributed by atoms with Crippen molar-refractivity contribution in [1.29, 1.82) is 0 Å². The van der Waals surface area contributed by atoms with Crippen molar-refractivity contribution in [3.05, 3.63) is 29.6 Å². The third-order valence-corrected chi connectivity index (χ3v) is 3.39. The molecule has 0 N–H and O–H groups in total. The van der Waals surface area contributed by atoms with Gasteiger partial charge in [0.1, 0.15) is 0 Å². The van der Waals surface area contributed by atoms with E-state index < -0.39 is 0 Å². The summed E-state index contributed by atoms with van der Waals surface area (Å²) in [5.41, 5.74) is 2.56. The van der Waals surface area contributed by atoms with Crippen LogP contribution < -0.4 is 0 Å². The molecule has 82 valence electrons. The van der Waals surface area contributed by atoms with E-state index in [4.69, 9.17) is 0 Å². The fourth-order valence-electron chi connectivity index (χ4n) is 2.15. The lowest BCUT2D eigenvalue weighted by atomic mass is 9.99. The van der Waals surface area contributed by atoms with Crippen molar-refractivity contribution in [2.24, 2.45) is 5.92 Å². The molecule has 1 fully saturated rings. The van der Waals surface area contributed by atoms with Crippen LogP contribution in [0.2, 0.25) is 0 Å². The van der Waals surface area contributed by atoms with Gasteiger partial charge in [0.15, 0.2) is 0 Å². The van der Waals surface area contributed by atoms with Gasteiger partial charge in [0.2, 0.25) is 0 Å². The molecular weight excluding hydrogens is 184 g/mol. The average Bonchev–Trinajstić information content (AvgIpc) is 2.25. The molecule has 0 unspecified atom stereocenters. The maximum Gasteiger partial charge on any atom is 0.0417 e. The Balaban J connectivity index is 1.95. The number of pyridine rings is 1. The lowest BCUT2D eigenvalue weighted by molar-refractivity contribution is 0.185. The minimum atomic E-state index is 0.913. The van der Waals surface area contributed by atoms with E-state index in [1.165, 1.54) is 37.2 Å². The van der Waals surface area contributed by atoms with Gasteiger partial charge in [-0.25, -0.2) is 0 Å². The Hall–Kier alpha value is -0.890. The van der Waals surface area contributed by atoms with Crippen molar-refractivity contribution < 1.29 is 0 Å². The van der Waals surface area contributed by atoms with Gasteiger partial charge in [-0.05, 0) is 50.4 Å². The maximum absolute atomic E-state index is 4.33. The summed E-state index contributed by atoms with van der Waals surface area (Å²) in [6.45, 7) is 8.02. The zero-order chi connectivity index (χ0) is 10.7. The Morgan fingerprint density at radius 3 is 2.80 bits per heavy atom. The van der Waals surface area contributed by atoms with Gasteiger partial charge in [-0.15, -0.1) is 0 Å². The molecule has 2 rings (SSSR count). The van der Waals surface area contributed by atoms with Crippen molar-refractivity contribution in [2.75, 3.05) is 13.1 Å². The Morgan fingerprint density at radius 2 is 2.13 bits per heavy atom. The van der Waals surface area contributed by atoms with Crippen LogP contribution in [0, 0.1) is 12.8 Å².